The second kappa shape index (κ2) is 5.05. The Morgan fingerprint density at radius 2 is 2.50 bits per heavy atom. The molecule has 0 aliphatic heterocycles. The third-order valence-corrected chi connectivity index (χ3v) is 2.67. The Bertz CT molecular complexity index is 341. The van der Waals surface area contributed by atoms with Crippen molar-refractivity contribution in [2.45, 2.75) is 44.7 Å². The van der Waals surface area contributed by atoms with Crippen LogP contribution in [0.2, 0.25) is 0 Å². The molecule has 1 heterocycles. The average Bonchev–Trinajstić information content (AvgIpc) is 2.89. The molecule has 1 aromatic heterocycles. The number of aryl methyl sites for hydroxylation is 1. The van der Waals surface area contributed by atoms with Gasteiger partial charge in [-0.15, -0.1) is 0 Å². The summed E-state index contributed by atoms with van der Waals surface area (Å²) in [7, 11) is 0. The molecule has 1 aromatic rings. The topological polar surface area (TPSA) is 63.5 Å². The highest BCUT2D eigenvalue weighted by Gasteiger charge is 2.20. The highest BCUT2D eigenvalue weighted by atomic mass is 16.3. The monoisotopic (exact) mass is 221 g/mol. The minimum Gasteiger partial charge on any atom is -0.469 e. The van der Waals surface area contributed by atoms with Gasteiger partial charge in [0.25, 0.3) is 0 Å². The van der Waals surface area contributed by atoms with E-state index in [0.29, 0.717) is 18.0 Å². The molecular weight excluding hydrogens is 202 g/mol. The molecule has 4 nitrogen and oxygen atoms in total. The molecule has 0 bridgehead atoms. The molecule has 1 aliphatic carbocycles. The fourth-order valence-corrected chi connectivity index (χ4v) is 1.58. The Kier molecular flexibility index (Phi) is 3.49. The molecular formula is C12H19N3O. The van der Waals surface area contributed by atoms with E-state index >= 15 is 0 Å². The van der Waals surface area contributed by atoms with E-state index < -0.39 is 0 Å². The van der Waals surface area contributed by atoms with Crippen molar-refractivity contribution in [1.82, 2.24) is 5.32 Å². The molecule has 0 saturated heterocycles. The van der Waals surface area contributed by atoms with Gasteiger partial charge in [0, 0.05) is 12.5 Å². The van der Waals surface area contributed by atoms with Crippen LogP contribution in [0.1, 0.15) is 31.9 Å². The summed E-state index contributed by atoms with van der Waals surface area (Å²) in [6.45, 7) is 2.11. The van der Waals surface area contributed by atoms with Gasteiger partial charge in [-0.05, 0) is 38.3 Å². The van der Waals surface area contributed by atoms with Gasteiger partial charge in [0.05, 0.1) is 12.3 Å². The number of rotatable bonds is 5. The van der Waals surface area contributed by atoms with Crippen LogP contribution >= 0.6 is 0 Å². The molecule has 1 fully saturated rings. The lowest BCUT2D eigenvalue weighted by atomic mass is 10.1. The molecule has 0 aromatic carbocycles. The fraction of sp³-hybridized carbons (Fsp3) is 0.583. The lowest BCUT2D eigenvalue weighted by Gasteiger charge is -2.13. The zero-order valence-corrected chi connectivity index (χ0v) is 9.65. The molecule has 4 heteroatoms. The molecule has 16 heavy (non-hydrogen) atoms. The third kappa shape index (κ3) is 3.61. The summed E-state index contributed by atoms with van der Waals surface area (Å²) in [4.78, 5) is 4.33. The minimum absolute atomic E-state index is 0.326. The number of hydrogen-bond acceptors (Lipinski definition) is 2. The maximum Gasteiger partial charge on any atom is 0.189 e. The smallest absolute Gasteiger partial charge is 0.189 e. The Labute approximate surface area is 95.9 Å². The minimum atomic E-state index is 0.326. The summed E-state index contributed by atoms with van der Waals surface area (Å²) >= 11 is 0. The predicted molar refractivity (Wildman–Crippen MR) is 64.3 cm³/mol. The van der Waals surface area contributed by atoms with Gasteiger partial charge in [-0.25, -0.2) is 0 Å². The van der Waals surface area contributed by atoms with E-state index in [4.69, 9.17) is 10.2 Å². The zero-order chi connectivity index (χ0) is 11.4. The predicted octanol–water partition coefficient (Wildman–Crippen LogP) is 1.67. The number of nitrogens with two attached hydrogens (primary N) is 1. The first-order valence-corrected chi connectivity index (χ1v) is 5.86. The van der Waals surface area contributed by atoms with Crippen molar-refractivity contribution in [2.75, 3.05) is 0 Å². The van der Waals surface area contributed by atoms with E-state index in [0.717, 1.165) is 18.6 Å². The number of furan rings is 1. The van der Waals surface area contributed by atoms with Gasteiger partial charge in [0.15, 0.2) is 5.96 Å². The van der Waals surface area contributed by atoms with Crippen LogP contribution in [0.4, 0.5) is 0 Å². The van der Waals surface area contributed by atoms with Crippen LogP contribution in [0.15, 0.2) is 27.8 Å². The van der Waals surface area contributed by atoms with Gasteiger partial charge < -0.3 is 15.5 Å². The Balaban J connectivity index is 1.69. The van der Waals surface area contributed by atoms with E-state index in [9.17, 15) is 0 Å². The number of hydrogen-bond donors (Lipinski definition) is 2. The van der Waals surface area contributed by atoms with Gasteiger partial charge >= 0.3 is 0 Å². The summed E-state index contributed by atoms with van der Waals surface area (Å²) in [6, 6.07) is 4.71. The summed E-state index contributed by atoms with van der Waals surface area (Å²) in [6.07, 6.45) is 5.99. The van der Waals surface area contributed by atoms with Crippen LogP contribution in [0.5, 0.6) is 0 Å². The van der Waals surface area contributed by atoms with Gasteiger partial charge in [-0.1, -0.05) is 0 Å². The Morgan fingerprint density at radius 1 is 1.69 bits per heavy atom. The van der Waals surface area contributed by atoms with Crippen molar-refractivity contribution in [2.24, 2.45) is 10.7 Å². The summed E-state index contributed by atoms with van der Waals surface area (Å²) in [5.74, 6) is 1.60. The second-order valence-electron chi connectivity index (χ2n) is 4.41. The van der Waals surface area contributed by atoms with Crippen LogP contribution in [-0.2, 0) is 6.42 Å². The Morgan fingerprint density at radius 3 is 3.12 bits per heavy atom. The van der Waals surface area contributed by atoms with E-state index in [1.165, 1.54) is 12.8 Å². The van der Waals surface area contributed by atoms with Crippen molar-refractivity contribution < 1.29 is 4.42 Å². The molecule has 2 rings (SSSR count). The molecule has 1 aliphatic rings. The number of nitrogens with zero attached hydrogens (tertiary/aromatic N) is 1. The molecule has 0 spiro atoms. The van der Waals surface area contributed by atoms with Gasteiger partial charge in [-0.3, -0.25) is 4.99 Å². The molecule has 1 atom stereocenters. The first kappa shape index (κ1) is 11.0. The van der Waals surface area contributed by atoms with E-state index in [-0.39, 0.29) is 0 Å². The van der Waals surface area contributed by atoms with Crippen molar-refractivity contribution in [3.8, 4) is 0 Å². The maximum atomic E-state index is 5.78. The highest BCUT2D eigenvalue weighted by Crippen LogP contribution is 2.22. The molecule has 1 saturated carbocycles. The first-order valence-electron chi connectivity index (χ1n) is 5.86. The standard InChI is InChI=1S/C12H19N3O/c1-9(4-7-11-3-2-8-16-11)14-12(13)15-10-5-6-10/h2-3,8-10H,4-7H2,1H3,(H3,13,14,15). The second-order valence-corrected chi connectivity index (χ2v) is 4.41. The summed E-state index contributed by atoms with van der Waals surface area (Å²) in [5, 5.41) is 3.20. The number of guanidine groups is 1. The highest BCUT2D eigenvalue weighted by molar-refractivity contribution is 5.78. The van der Waals surface area contributed by atoms with Gasteiger partial charge in [-0.2, -0.15) is 0 Å². The van der Waals surface area contributed by atoms with E-state index in [1.54, 1.807) is 6.26 Å². The van der Waals surface area contributed by atoms with E-state index in [1.807, 2.05) is 12.1 Å². The van der Waals surface area contributed by atoms with Crippen LogP contribution in [0.3, 0.4) is 0 Å². The molecule has 1 unspecified atom stereocenters. The Hall–Kier alpha value is -1.45. The molecule has 88 valence electrons. The van der Waals surface area contributed by atoms with Gasteiger partial charge in [0.1, 0.15) is 5.76 Å². The molecule has 0 radical (unpaired) electrons. The SMILES string of the molecule is CC(CCc1ccco1)NC(N)=NC1CC1. The lowest BCUT2D eigenvalue weighted by molar-refractivity contribution is 0.482. The first-order chi connectivity index (χ1) is 7.74. The normalized spacial score (nSPS) is 18.4. The summed E-state index contributed by atoms with van der Waals surface area (Å²) < 4.78 is 5.27. The molecule has 3 N–H and O–H groups in total. The van der Waals surface area contributed by atoms with Crippen molar-refractivity contribution in [3.05, 3.63) is 24.2 Å². The van der Waals surface area contributed by atoms with Crippen molar-refractivity contribution in [1.29, 1.82) is 0 Å². The van der Waals surface area contributed by atoms with E-state index in [2.05, 4.69) is 17.2 Å². The average molecular weight is 221 g/mol. The lowest BCUT2D eigenvalue weighted by Crippen LogP contribution is -2.38. The van der Waals surface area contributed by atoms with Crippen molar-refractivity contribution >= 4 is 5.96 Å². The largest absolute Gasteiger partial charge is 0.469 e. The quantitative estimate of drug-likeness (QED) is 0.587. The number of aliphatic imine (C=N–C) groups is 1. The number of nitrogens with one attached hydrogen (secondary N) is 1. The third-order valence-electron chi connectivity index (χ3n) is 2.67. The van der Waals surface area contributed by atoms with Crippen LogP contribution in [0.25, 0.3) is 0 Å². The zero-order valence-electron chi connectivity index (χ0n) is 9.65. The maximum absolute atomic E-state index is 5.78. The van der Waals surface area contributed by atoms with Crippen LogP contribution in [-0.4, -0.2) is 18.0 Å². The fourth-order valence-electron chi connectivity index (χ4n) is 1.58. The van der Waals surface area contributed by atoms with Gasteiger partial charge in [0.2, 0.25) is 0 Å². The summed E-state index contributed by atoms with van der Waals surface area (Å²) in [5.41, 5.74) is 5.78. The molecule has 0 amide bonds. The van der Waals surface area contributed by atoms with Crippen molar-refractivity contribution in [3.63, 3.8) is 0 Å². The van der Waals surface area contributed by atoms with Crippen LogP contribution < -0.4 is 11.1 Å². The van der Waals surface area contributed by atoms with Crippen LogP contribution in [0, 0.1) is 0 Å².